The molecule has 2 amide bonds. The number of amides is 2. The van der Waals surface area contributed by atoms with E-state index in [9.17, 15) is 9.59 Å². The van der Waals surface area contributed by atoms with Gasteiger partial charge in [0.15, 0.2) is 0 Å². The van der Waals surface area contributed by atoms with Crippen LogP contribution in [0.2, 0.25) is 0 Å². The van der Waals surface area contributed by atoms with Gasteiger partial charge in [0.2, 0.25) is 5.91 Å². The minimum Gasteiger partial charge on any atom is -0.380 e. The number of fused-ring (bicyclic) bond motifs is 2. The van der Waals surface area contributed by atoms with Crippen LogP contribution in [0.15, 0.2) is 34.7 Å². The number of rotatable bonds is 8. The average molecular weight is 476 g/mol. The number of hydrogen-bond donors (Lipinski definition) is 4. The van der Waals surface area contributed by atoms with E-state index in [0.717, 1.165) is 18.2 Å². The molecule has 8 heteroatoms. The van der Waals surface area contributed by atoms with Gasteiger partial charge in [0.25, 0.3) is 5.91 Å². The van der Waals surface area contributed by atoms with Gasteiger partial charge in [-0.15, -0.1) is 0 Å². The highest BCUT2D eigenvalue weighted by Gasteiger charge is 2.56. The Morgan fingerprint density at radius 1 is 1.27 bits per heavy atom. The molecule has 30 heavy (non-hydrogen) atoms. The van der Waals surface area contributed by atoms with Crippen molar-refractivity contribution < 1.29 is 9.59 Å². The fourth-order valence-corrected chi connectivity index (χ4v) is 5.20. The van der Waals surface area contributed by atoms with Crippen molar-refractivity contribution in [3.63, 3.8) is 0 Å². The van der Waals surface area contributed by atoms with E-state index < -0.39 is 5.91 Å². The van der Waals surface area contributed by atoms with Gasteiger partial charge >= 0.3 is 0 Å². The molecule has 3 aliphatic rings. The lowest BCUT2D eigenvalue weighted by Crippen LogP contribution is -2.59. The third kappa shape index (κ3) is 4.74. The molecule has 0 aliphatic heterocycles. The molecular formula is C22H30BrN5O2. The van der Waals surface area contributed by atoms with Crippen molar-refractivity contribution in [2.75, 3.05) is 6.54 Å². The molecular weight excluding hydrogens is 446 g/mol. The van der Waals surface area contributed by atoms with Crippen LogP contribution in [0.25, 0.3) is 0 Å². The summed E-state index contributed by atoms with van der Waals surface area (Å²) < 4.78 is 0.241. The molecule has 4 atom stereocenters. The Hall–Kier alpha value is -2.22. The van der Waals surface area contributed by atoms with Crippen molar-refractivity contribution >= 4 is 34.0 Å². The van der Waals surface area contributed by atoms with Crippen molar-refractivity contribution in [3.8, 4) is 0 Å². The molecule has 1 aromatic rings. The fraction of sp³-hybridized carbons (Fsp3) is 0.545. The highest BCUT2D eigenvalue weighted by atomic mass is 79.9. The molecule has 2 bridgehead atoms. The molecule has 4 rings (SSSR count). The van der Waals surface area contributed by atoms with Gasteiger partial charge in [0.05, 0.1) is 12.2 Å². The number of nitrogens with zero attached hydrogens (tertiary/aromatic N) is 1. The number of nitrogens with one attached hydrogen (secondary N) is 4. The minimum atomic E-state index is -0.422. The van der Waals surface area contributed by atoms with Crippen LogP contribution in [0.3, 0.4) is 0 Å². The zero-order valence-corrected chi connectivity index (χ0v) is 19.3. The summed E-state index contributed by atoms with van der Waals surface area (Å²) in [5, 5.41) is 16.5. The predicted molar refractivity (Wildman–Crippen MR) is 120 cm³/mol. The number of carbonyl (C=O) groups excluding carboxylic acids is 2. The summed E-state index contributed by atoms with van der Waals surface area (Å²) in [5.74, 6) is 1.11. The summed E-state index contributed by atoms with van der Waals surface area (Å²) in [6, 6.07) is 3.87. The largest absolute Gasteiger partial charge is 0.380 e. The second-order valence-electron chi connectivity index (χ2n) is 8.89. The van der Waals surface area contributed by atoms with Crippen LogP contribution in [0.1, 0.15) is 39.2 Å². The molecule has 7 nitrogen and oxygen atoms in total. The van der Waals surface area contributed by atoms with Gasteiger partial charge in [-0.25, -0.2) is 0 Å². The molecule has 0 aromatic carbocycles. The Balaban J connectivity index is 1.51. The van der Waals surface area contributed by atoms with Crippen molar-refractivity contribution in [1.82, 2.24) is 20.9 Å². The topological polar surface area (TPSA) is 107 Å². The number of allylic oxidation sites excluding steroid dienone is 1. The SMILES string of the molecule is C[C@@H]1[C@H](N/C(C=N)=C(\Br)C(=O)NCC(=O)NCc2ccncc2)C[C@H]2C[C@@H]1C2(C)C. The van der Waals surface area contributed by atoms with Crippen LogP contribution in [0.4, 0.5) is 0 Å². The van der Waals surface area contributed by atoms with Gasteiger partial charge in [-0.3, -0.25) is 14.6 Å². The van der Waals surface area contributed by atoms with E-state index in [0.29, 0.717) is 35.4 Å². The van der Waals surface area contributed by atoms with E-state index in [1.807, 2.05) is 12.1 Å². The van der Waals surface area contributed by atoms with Gasteiger partial charge in [-0.2, -0.15) is 0 Å². The molecule has 0 saturated heterocycles. The number of hydrogen-bond acceptors (Lipinski definition) is 5. The Bertz CT molecular complexity index is 839. The Kier molecular flexibility index (Phi) is 6.95. The lowest BCUT2D eigenvalue weighted by atomic mass is 9.45. The normalized spacial score (nSPS) is 27.2. The van der Waals surface area contributed by atoms with Crippen molar-refractivity contribution in [1.29, 1.82) is 5.41 Å². The first-order chi connectivity index (χ1) is 14.2. The minimum absolute atomic E-state index is 0.136. The van der Waals surface area contributed by atoms with E-state index in [-0.39, 0.29) is 23.0 Å². The smallest absolute Gasteiger partial charge is 0.260 e. The van der Waals surface area contributed by atoms with Crippen LogP contribution >= 0.6 is 15.9 Å². The van der Waals surface area contributed by atoms with Crippen LogP contribution < -0.4 is 16.0 Å². The molecule has 0 unspecified atom stereocenters. The highest BCUT2D eigenvalue weighted by molar-refractivity contribution is 9.12. The first kappa shape index (κ1) is 22.5. The lowest BCUT2D eigenvalue weighted by molar-refractivity contribution is -0.124. The van der Waals surface area contributed by atoms with E-state index in [2.05, 4.69) is 57.6 Å². The number of pyridine rings is 1. The lowest BCUT2D eigenvalue weighted by Gasteiger charge is -2.62. The Labute approximate surface area is 186 Å². The summed E-state index contributed by atoms with van der Waals surface area (Å²) in [5.41, 5.74) is 1.76. The van der Waals surface area contributed by atoms with E-state index in [1.54, 1.807) is 12.4 Å². The van der Waals surface area contributed by atoms with Gasteiger partial charge in [0, 0.05) is 31.2 Å². The van der Waals surface area contributed by atoms with E-state index in [1.165, 1.54) is 6.42 Å². The summed E-state index contributed by atoms with van der Waals surface area (Å²) >= 11 is 3.31. The predicted octanol–water partition coefficient (Wildman–Crippen LogP) is 2.73. The second kappa shape index (κ2) is 9.29. The second-order valence-corrected chi connectivity index (χ2v) is 9.69. The van der Waals surface area contributed by atoms with Crippen molar-refractivity contribution in [2.24, 2.45) is 23.2 Å². The maximum atomic E-state index is 12.5. The van der Waals surface area contributed by atoms with Crippen LogP contribution in [0.5, 0.6) is 0 Å². The van der Waals surface area contributed by atoms with Gasteiger partial charge in [-0.05, 0) is 69.6 Å². The third-order valence-corrected chi connectivity index (χ3v) is 7.71. The zero-order valence-electron chi connectivity index (χ0n) is 17.7. The van der Waals surface area contributed by atoms with Crippen molar-refractivity contribution in [2.45, 2.75) is 46.2 Å². The molecule has 3 fully saturated rings. The summed E-state index contributed by atoms with van der Waals surface area (Å²) in [6.07, 6.45) is 6.79. The molecule has 3 aliphatic carbocycles. The van der Waals surface area contributed by atoms with Crippen LogP contribution in [0, 0.1) is 28.6 Å². The molecule has 1 aromatic heterocycles. The molecule has 0 spiro atoms. The molecule has 1 heterocycles. The Morgan fingerprint density at radius 3 is 2.57 bits per heavy atom. The number of carbonyl (C=O) groups is 2. The van der Waals surface area contributed by atoms with Gasteiger partial charge in [0.1, 0.15) is 4.48 Å². The number of aromatic nitrogens is 1. The number of halogens is 1. The van der Waals surface area contributed by atoms with Gasteiger partial charge in [-0.1, -0.05) is 20.8 Å². The summed E-state index contributed by atoms with van der Waals surface area (Å²) in [4.78, 5) is 28.4. The van der Waals surface area contributed by atoms with Crippen LogP contribution in [-0.2, 0) is 16.1 Å². The van der Waals surface area contributed by atoms with E-state index in [4.69, 9.17) is 5.41 Å². The molecule has 0 radical (unpaired) electrons. The molecule has 162 valence electrons. The zero-order chi connectivity index (χ0) is 21.9. The van der Waals surface area contributed by atoms with Crippen LogP contribution in [-0.4, -0.2) is 35.6 Å². The highest BCUT2D eigenvalue weighted by Crippen LogP contribution is 2.61. The maximum Gasteiger partial charge on any atom is 0.260 e. The quantitative estimate of drug-likeness (QED) is 0.342. The average Bonchev–Trinajstić information content (AvgIpc) is 2.75. The molecule has 4 N–H and O–H groups in total. The monoisotopic (exact) mass is 475 g/mol. The first-order valence-electron chi connectivity index (χ1n) is 10.3. The Morgan fingerprint density at radius 2 is 1.97 bits per heavy atom. The third-order valence-electron chi connectivity index (χ3n) is 6.92. The van der Waals surface area contributed by atoms with Gasteiger partial charge < -0.3 is 21.4 Å². The first-order valence-corrected chi connectivity index (χ1v) is 11.1. The standard InChI is InChI=1S/C22H30BrN5O2/c1-13-16-8-15(22(16,2)3)9-17(13)28-18(10-24)20(23)21(30)27-12-19(29)26-11-14-4-6-25-7-5-14/h4-7,10,13,15-17,24,28H,8-9,11-12H2,1-3H3,(H,26,29)(H,27,30)/b20-18-,24-10?/t13-,15+,16-,17+/m0/s1. The molecule has 3 saturated carbocycles. The summed E-state index contributed by atoms with van der Waals surface area (Å²) in [7, 11) is 0. The maximum absolute atomic E-state index is 12.5. The fourth-order valence-electron chi connectivity index (χ4n) is 4.83. The summed E-state index contributed by atoms with van der Waals surface area (Å²) in [6.45, 7) is 7.18. The van der Waals surface area contributed by atoms with E-state index >= 15 is 0 Å². The van der Waals surface area contributed by atoms with Crippen molar-refractivity contribution in [3.05, 3.63) is 40.3 Å².